The Morgan fingerprint density at radius 2 is 2.29 bits per heavy atom. The van der Waals surface area contributed by atoms with Crippen molar-refractivity contribution in [2.45, 2.75) is 18.9 Å². The molecule has 3 fully saturated rings. The summed E-state index contributed by atoms with van der Waals surface area (Å²) in [4.78, 5) is 13.8. The van der Waals surface area contributed by atoms with Crippen LogP contribution in [0.5, 0.6) is 0 Å². The summed E-state index contributed by atoms with van der Waals surface area (Å²) in [5.41, 5.74) is 0.284. The Morgan fingerprint density at radius 1 is 1.43 bits per heavy atom. The Bertz CT molecular complexity index is 264. The summed E-state index contributed by atoms with van der Waals surface area (Å²) in [6, 6.07) is 0.741. The molecule has 1 unspecified atom stereocenters. The van der Waals surface area contributed by atoms with E-state index in [1.807, 2.05) is 0 Å². The van der Waals surface area contributed by atoms with Gasteiger partial charge >= 0.3 is 0 Å². The number of hydrogen-bond acceptors (Lipinski definition) is 3. The van der Waals surface area contributed by atoms with E-state index in [9.17, 15) is 4.79 Å². The summed E-state index contributed by atoms with van der Waals surface area (Å²) in [5.74, 6) is 0.249. The van der Waals surface area contributed by atoms with Gasteiger partial charge in [0, 0.05) is 44.1 Å². The third kappa shape index (κ3) is 1.25. The second kappa shape index (κ2) is 2.94. The number of nitrogens with zero attached hydrogens (tertiary/aromatic N) is 1. The molecule has 3 aliphatic heterocycles. The van der Waals surface area contributed by atoms with Crippen LogP contribution in [0.3, 0.4) is 0 Å². The lowest BCUT2D eigenvalue weighted by Gasteiger charge is -2.36. The van der Waals surface area contributed by atoms with Crippen molar-refractivity contribution in [3.05, 3.63) is 0 Å². The van der Waals surface area contributed by atoms with Gasteiger partial charge in [-0.25, -0.2) is 0 Å². The molecular formula is C10H17N3O. The number of hydrogen-bond donors (Lipinski definition) is 2. The summed E-state index contributed by atoms with van der Waals surface area (Å²) in [7, 11) is 0. The van der Waals surface area contributed by atoms with Gasteiger partial charge in [-0.15, -0.1) is 0 Å². The molecule has 2 N–H and O–H groups in total. The quantitative estimate of drug-likeness (QED) is 0.574. The van der Waals surface area contributed by atoms with Crippen molar-refractivity contribution in [2.24, 2.45) is 5.41 Å². The van der Waals surface area contributed by atoms with E-state index in [1.165, 1.54) is 13.0 Å². The van der Waals surface area contributed by atoms with Crippen LogP contribution in [0.15, 0.2) is 0 Å². The lowest BCUT2D eigenvalue weighted by molar-refractivity contribution is -0.119. The van der Waals surface area contributed by atoms with Crippen LogP contribution in [-0.2, 0) is 4.79 Å². The molecule has 0 aromatic heterocycles. The van der Waals surface area contributed by atoms with Crippen LogP contribution in [0, 0.1) is 5.41 Å². The highest BCUT2D eigenvalue weighted by Gasteiger charge is 2.45. The Kier molecular flexibility index (Phi) is 1.82. The highest BCUT2D eigenvalue weighted by atomic mass is 16.1. The highest BCUT2D eigenvalue weighted by molar-refractivity contribution is 5.79. The molecular weight excluding hydrogens is 178 g/mol. The average Bonchev–Trinajstić information content (AvgIpc) is 2.58. The number of amides is 1. The summed E-state index contributed by atoms with van der Waals surface area (Å²) >= 11 is 0. The predicted octanol–water partition coefficient (Wildman–Crippen LogP) is -0.830. The molecule has 0 saturated carbocycles. The van der Waals surface area contributed by atoms with Gasteiger partial charge in [0.15, 0.2) is 0 Å². The molecule has 0 bridgehead atoms. The van der Waals surface area contributed by atoms with Gasteiger partial charge in [0.2, 0.25) is 5.91 Å². The fraction of sp³-hybridized carbons (Fsp3) is 0.900. The van der Waals surface area contributed by atoms with Crippen molar-refractivity contribution in [2.75, 3.05) is 32.7 Å². The highest BCUT2D eigenvalue weighted by Crippen LogP contribution is 2.37. The van der Waals surface area contributed by atoms with E-state index >= 15 is 0 Å². The normalized spacial score (nSPS) is 39.0. The molecule has 0 aliphatic carbocycles. The Balaban J connectivity index is 1.65. The first-order chi connectivity index (χ1) is 6.77. The van der Waals surface area contributed by atoms with Gasteiger partial charge in [-0.2, -0.15) is 0 Å². The first-order valence-corrected chi connectivity index (χ1v) is 5.49. The van der Waals surface area contributed by atoms with Crippen molar-refractivity contribution in [3.63, 3.8) is 0 Å². The maximum Gasteiger partial charge on any atom is 0.220 e. The first kappa shape index (κ1) is 8.68. The lowest BCUT2D eigenvalue weighted by atomic mass is 9.86. The van der Waals surface area contributed by atoms with Gasteiger partial charge < -0.3 is 10.6 Å². The van der Waals surface area contributed by atoms with Gasteiger partial charge in [-0.1, -0.05) is 0 Å². The van der Waals surface area contributed by atoms with Crippen LogP contribution in [-0.4, -0.2) is 49.6 Å². The van der Waals surface area contributed by atoms with Gasteiger partial charge in [0.05, 0.1) is 0 Å². The molecule has 1 atom stereocenters. The molecule has 3 rings (SSSR count). The van der Waals surface area contributed by atoms with E-state index in [0.29, 0.717) is 0 Å². The van der Waals surface area contributed by atoms with Crippen molar-refractivity contribution in [1.82, 2.24) is 15.5 Å². The van der Waals surface area contributed by atoms with E-state index in [4.69, 9.17) is 0 Å². The topological polar surface area (TPSA) is 44.4 Å². The minimum atomic E-state index is 0.249. The number of carbonyl (C=O) groups is 1. The van der Waals surface area contributed by atoms with E-state index in [1.54, 1.807) is 0 Å². The Morgan fingerprint density at radius 3 is 2.86 bits per heavy atom. The summed E-state index contributed by atoms with van der Waals surface area (Å²) in [6.45, 7) is 5.48. The standard InChI is InChI=1S/C10H17N3O/c14-9-3-10(6-12-9)1-2-13(7-10)8-4-11-5-8/h8,11H,1-7H2,(H,12,14). The second-order valence-electron chi connectivity index (χ2n) is 4.99. The van der Waals surface area contributed by atoms with Crippen molar-refractivity contribution in [1.29, 1.82) is 0 Å². The van der Waals surface area contributed by atoms with Gasteiger partial charge in [0.1, 0.15) is 0 Å². The molecule has 0 aromatic rings. The third-order valence-electron chi connectivity index (χ3n) is 3.94. The number of likely N-dealkylation sites (tertiary alicyclic amines) is 1. The Labute approximate surface area is 84.0 Å². The van der Waals surface area contributed by atoms with E-state index in [0.717, 1.165) is 38.6 Å². The molecule has 14 heavy (non-hydrogen) atoms. The SMILES string of the molecule is O=C1CC2(CCN(C3CNC3)C2)CN1. The van der Waals surface area contributed by atoms with Gasteiger partial charge in [-0.3, -0.25) is 9.69 Å². The predicted molar refractivity (Wildman–Crippen MR) is 52.9 cm³/mol. The minimum Gasteiger partial charge on any atom is -0.355 e. The molecule has 0 radical (unpaired) electrons. The molecule has 3 aliphatic rings. The number of carbonyl (C=O) groups excluding carboxylic acids is 1. The maximum absolute atomic E-state index is 11.2. The molecule has 4 heteroatoms. The minimum absolute atomic E-state index is 0.249. The molecule has 1 spiro atoms. The largest absolute Gasteiger partial charge is 0.355 e. The molecule has 3 heterocycles. The van der Waals surface area contributed by atoms with Crippen LogP contribution in [0.4, 0.5) is 0 Å². The number of nitrogens with one attached hydrogen (secondary N) is 2. The lowest BCUT2D eigenvalue weighted by Crippen LogP contribution is -2.56. The van der Waals surface area contributed by atoms with Gasteiger partial charge in [0.25, 0.3) is 0 Å². The van der Waals surface area contributed by atoms with Crippen molar-refractivity contribution >= 4 is 5.91 Å². The molecule has 78 valence electrons. The Hall–Kier alpha value is -0.610. The smallest absolute Gasteiger partial charge is 0.220 e. The average molecular weight is 195 g/mol. The first-order valence-electron chi connectivity index (χ1n) is 5.49. The molecule has 3 saturated heterocycles. The third-order valence-corrected chi connectivity index (χ3v) is 3.94. The maximum atomic E-state index is 11.2. The summed E-state index contributed by atoms with van der Waals surface area (Å²) in [6.07, 6.45) is 1.95. The van der Waals surface area contributed by atoms with E-state index in [-0.39, 0.29) is 11.3 Å². The van der Waals surface area contributed by atoms with E-state index in [2.05, 4.69) is 15.5 Å². The van der Waals surface area contributed by atoms with Crippen LogP contribution >= 0.6 is 0 Å². The molecule has 0 aromatic carbocycles. The van der Waals surface area contributed by atoms with Crippen molar-refractivity contribution < 1.29 is 4.79 Å². The zero-order chi connectivity index (χ0) is 9.60. The molecule has 4 nitrogen and oxygen atoms in total. The monoisotopic (exact) mass is 195 g/mol. The van der Waals surface area contributed by atoms with Crippen LogP contribution in [0.25, 0.3) is 0 Å². The summed E-state index contributed by atoms with van der Waals surface area (Å²) < 4.78 is 0. The molecule has 1 amide bonds. The van der Waals surface area contributed by atoms with Crippen molar-refractivity contribution in [3.8, 4) is 0 Å². The summed E-state index contributed by atoms with van der Waals surface area (Å²) in [5, 5.41) is 6.27. The van der Waals surface area contributed by atoms with Crippen LogP contribution in [0.2, 0.25) is 0 Å². The fourth-order valence-corrected chi connectivity index (χ4v) is 2.85. The van der Waals surface area contributed by atoms with Crippen LogP contribution in [0.1, 0.15) is 12.8 Å². The fourth-order valence-electron chi connectivity index (χ4n) is 2.85. The van der Waals surface area contributed by atoms with Gasteiger partial charge in [-0.05, 0) is 13.0 Å². The van der Waals surface area contributed by atoms with Crippen LogP contribution < -0.4 is 10.6 Å². The zero-order valence-electron chi connectivity index (χ0n) is 8.38. The number of rotatable bonds is 1. The second-order valence-corrected chi connectivity index (χ2v) is 4.99. The zero-order valence-corrected chi connectivity index (χ0v) is 8.38. The van der Waals surface area contributed by atoms with E-state index < -0.39 is 0 Å².